The first kappa shape index (κ1) is 9.62. The van der Waals surface area contributed by atoms with Gasteiger partial charge in [-0.25, -0.2) is 0 Å². The van der Waals surface area contributed by atoms with Gasteiger partial charge in [0.2, 0.25) is 0 Å². The molecule has 0 bridgehead atoms. The highest BCUT2D eigenvalue weighted by molar-refractivity contribution is 6.99. The van der Waals surface area contributed by atoms with Crippen LogP contribution in [0.15, 0.2) is 18.2 Å². The molecule has 0 saturated carbocycles. The van der Waals surface area contributed by atoms with Crippen molar-refractivity contribution >= 4 is 23.3 Å². The van der Waals surface area contributed by atoms with Gasteiger partial charge in [-0.05, 0) is 19.4 Å². The van der Waals surface area contributed by atoms with Gasteiger partial charge in [0.1, 0.15) is 5.69 Å². The Labute approximate surface area is 91.9 Å². The van der Waals surface area contributed by atoms with E-state index in [9.17, 15) is 0 Å². The van der Waals surface area contributed by atoms with E-state index in [-0.39, 0.29) is 0 Å². The van der Waals surface area contributed by atoms with Crippen LogP contribution in [-0.4, -0.2) is 8.75 Å². The van der Waals surface area contributed by atoms with E-state index in [0.29, 0.717) is 5.15 Å². The third kappa shape index (κ3) is 1.65. The van der Waals surface area contributed by atoms with Gasteiger partial charge in [0.25, 0.3) is 0 Å². The summed E-state index contributed by atoms with van der Waals surface area (Å²) in [7, 11) is 0. The normalized spacial score (nSPS) is 10.5. The zero-order valence-electron chi connectivity index (χ0n) is 7.91. The summed E-state index contributed by atoms with van der Waals surface area (Å²) in [4.78, 5) is 0. The van der Waals surface area contributed by atoms with Crippen LogP contribution in [0.5, 0.6) is 0 Å². The zero-order chi connectivity index (χ0) is 10.1. The third-order valence-electron chi connectivity index (χ3n) is 2.09. The van der Waals surface area contributed by atoms with E-state index >= 15 is 0 Å². The summed E-state index contributed by atoms with van der Waals surface area (Å²) < 4.78 is 8.13. The topological polar surface area (TPSA) is 25.8 Å². The molecule has 0 fully saturated rings. The molecule has 0 saturated heterocycles. The monoisotopic (exact) mass is 224 g/mol. The van der Waals surface area contributed by atoms with Crippen molar-refractivity contribution in [3.63, 3.8) is 0 Å². The van der Waals surface area contributed by atoms with E-state index in [1.165, 1.54) is 11.1 Å². The molecule has 0 amide bonds. The Kier molecular flexibility index (Phi) is 2.52. The van der Waals surface area contributed by atoms with Gasteiger partial charge in [0.05, 0.1) is 11.7 Å². The summed E-state index contributed by atoms with van der Waals surface area (Å²) in [6.45, 7) is 4.12. The number of hydrogen-bond acceptors (Lipinski definition) is 3. The largest absolute Gasteiger partial charge is 0.171 e. The first-order chi connectivity index (χ1) is 6.68. The lowest BCUT2D eigenvalue weighted by molar-refractivity contribution is 1.36. The molecule has 1 heterocycles. The molecule has 0 aliphatic rings. The lowest BCUT2D eigenvalue weighted by Gasteiger charge is -2.03. The SMILES string of the molecule is Cc1ccc(-c2nsnc2Cl)c(C)c1. The standard InChI is InChI=1S/C10H9ClN2S/c1-6-3-4-8(7(2)5-6)9-10(11)13-14-12-9/h3-5H,1-2H3. The van der Waals surface area contributed by atoms with Gasteiger partial charge in [-0.1, -0.05) is 35.4 Å². The fourth-order valence-electron chi connectivity index (χ4n) is 1.42. The average Bonchev–Trinajstić information content (AvgIpc) is 2.52. The quantitative estimate of drug-likeness (QED) is 0.741. The Bertz CT molecular complexity index is 465. The Morgan fingerprint density at radius 3 is 2.57 bits per heavy atom. The Morgan fingerprint density at radius 1 is 1.21 bits per heavy atom. The average molecular weight is 225 g/mol. The molecule has 1 aromatic heterocycles. The van der Waals surface area contributed by atoms with E-state index in [1.54, 1.807) is 0 Å². The molecule has 14 heavy (non-hydrogen) atoms. The van der Waals surface area contributed by atoms with E-state index in [1.807, 2.05) is 6.07 Å². The number of benzene rings is 1. The van der Waals surface area contributed by atoms with Gasteiger partial charge < -0.3 is 0 Å². The van der Waals surface area contributed by atoms with Gasteiger partial charge >= 0.3 is 0 Å². The molecule has 0 atom stereocenters. The number of nitrogens with zero attached hydrogens (tertiary/aromatic N) is 2. The van der Waals surface area contributed by atoms with E-state index in [4.69, 9.17) is 11.6 Å². The number of aryl methyl sites for hydroxylation is 2. The maximum absolute atomic E-state index is 5.92. The van der Waals surface area contributed by atoms with E-state index in [0.717, 1.165) is 23.0 Å². The molecular formula is C10H9ClN2S. The van der Waals surface area contributed by atoms with Gasteiger partial charge in [0.15, 0.2) is 5.15 Å². The van der Waals surface area contributed by atoms with Crippen LogP contribution in [0.1, 0.15) is 11.1 Å². The van der Waals surface area contributed by atoms with Crippen LogP contribution in [0.25, 0.3) is 11.3 Å². The molecule has 72 valence electrons. The van der Waals surface area contributed by atoms with Crippen LogP contribution in [-0.2, 0) is 0 Å². The van der Waals surface area contributed by atoms with Crippen molar-refractivity contribution in [3.05, 3.63) is 34.5 Å². The fraction of sp³-hybridized carbons (Fsp3) is 0.200. The lowest BCUT2D eigenvalue weighted by Crippen LogP contribution is -1.85. The van der Waals surface area contributed by atoms with Crippen LogP contribution in [0.4, 0.5) is 0 Å². The highest BCUT2D eigenvalue weighted by atomic mass is 35.5. The second-order valence-electron chi connectivity index (χ2n) is 3.22. The molecule has 0 radical (unpaired) electrons. The van der Waals surface area contributed by atoms with Crippen molar-refractivity contribution in [2.24, 2.45) is 0 Å². The summed E-state index contributed by atoms with van der Waals surface area (Å²) in [6.07, 6.45) is 0. The second kappa shape index (κ2) is 3.67. The summed E-state index contributed by atoms with van der Waals surface area (Å²) in [6, 6.07) is 6.20. The minimum Gasteiger partial charge on any atom is -0.171 e. The molecule has 0 aliphatic heterocycles. The van der Waals surface area contributed by atoms with E-state index < -0.39 is 0 Å². The summed E-state index contributed by atoms with van der Waals surface area (Å²) in [5, 5.41) is 0.488. The molecule has 1 aromatic carbocycles. The van der Waals surface area contributed by atoms with Gasteiger partial charge in [-0.15, -0.1) is 0 Å². The molecular weight excluding hydrogens is 216 g/mol. The Morgan fingerprint density at radius 2 is 2.00 bits per heavy atom. The summed E-state index contributed by atoms with van der Waals surface area (Å²) in [5.74, 6) is 0. The van der Waals surface area contributed by atoms with Gasteiger partial charge in [-0.2, -0.15) is 8.75 Å². The van der Waals surface area contributed by atoms with Crippen molar-refractivity contribution in [2.45, 2.75) is 13.8 Å². The molecule has 0 aliphatic carbocycles. The van der Waals surface area contributed by atoms with Gasteiger partial charge in [-0.3, -0.25) is 0 Å². The molecule has 0 N–H and O–H groups in total. The van der Waals surface area contributed by atoms with Crippen LogP contribution in [0.3, 0.4) is 0 Å². The van der Waals surface area contributed by atoms with Crippen LogP contribution in [0.2, 0.25) is 5.15 Å². The number of rotatable bonds is 1. The van der Waals surface area contributed by atoms with Crippen molar-refractivity contribution in [2.75, 3.05) is 0 Å². The van der Waals surface area contributed by atoms with Crippen LogP contribution >= 0.6 is 23.3 Å². The Balaban J connectivity index is 2.58. The molecule has 2 rings (SSSR count). The van der Waals surface area contributed by atoms with Crippen molar-refractivity contribution < 1.29 is 0 Å². The summed E-state index contributed by atoms with van der Waals surface area (Å²) >= 11 is 7.06. The minimum atomic E-state index is 0.488. The maximum Gasteiger partial charge on any atom is 0.170 e. The number of aromatic nitrogens is 2. The minimum absolute atomic E-state index is 0.488. The Hall–Kier alpha value is -0.930. The molecule has 0 spiro atoms. The number of halogens is 1. The second-order valence-corrected chi connectivity index (χ2v) is 4.11. The van der Waals surface area contributed by atoms with Gasteiger partial charge in [0, 0.05) is 5.56 Å². The smallest absolute Gasteiger partial charge is 0.170 e. The highest BCUT2D eigenvalue weighted by Gasteiger charge is 2.10. The van der Waals surface area contributed by atoms with Crippen LogP contribution in [0, 0.1) is 13.8 Å². The molecule has 0 unspecified atom stereocenters. The molecule has 4 heteroatoms. The fourth-order valence-corrected chi connectivity index (χ4v) is 2.17. The first-order valence-electron chi connectivity index (χ1n) is 4.24. The third-order valence-corrected chi connectivity index (χ3v) is 2.98. The highest BCUT2D eigenvalue weighted by Crippen LogP contribution is 2.28. The predicted octanol–water partition coefficient (Wildman–Crippen LogP) is 3.48. The zero-order valence-corrected chi connectivity index (χ0v) is 9.49. The van der Waals surface area contributed by atoms with Crippen molar-refractivity contribution in [3.8, 4) is 11.3 Å². The lowest BCUT2D eigenvalue weighted by atomic mass is 10.0. The van der Waals surface area contributed by atoms with E-state index in [2.05, 4.69) is 34.7 Å². The molecule has 2 aromatic rings. The van der Waals surface area contributed by atoms with Crippen LogP contribution < -0.4 is 0 Å². The predicted molar refractivity (Wildman–Crippen MR) is 59.8 cm³/mol. The molecule has 2 nitrogen and oxygen atoms in total. The first-order valence-corrected chi connectivity index (χ1v) is 5.35. The maximum atomic E-state index is 5.92. The van der Waals surface area contributed by atoms with Crippen molar-refractivity contribution in [1.29, 1.82) is 0 Å². The van der Waals surface area contributed by atoms with Crippen molar-refractivity contribution in [1.82, 2.24) is 8.75 Å². The number of hydrogen-bond donors (Lipinski definition) is 0. The summed E-state index contributed by atoms with van der Waals surface area (Å²) in [5.41, 5.74) is 4.27.